The first-order valence-electron chi connectivity index (χ1n) is 10.9. The average Bonchev–Trinajstić information content (AvgIpc) is 3.36. The van der Waals surface area contributed by atoms with Crippen LogP contribution in [0.5, 0.6) is 17.2 Å². The lowest BCUT2D eigenvalue weighted by atomic mass is 10.2. The largest absolute Gasteiger partial charge is 0.493 e. The maximum absolute atomic E-state index is 12.7. The summed E-state index contributed by atoms with van der Waals surface area (Å²) in [5, 5.41) is 10.4. The highest BCUT2D eigenvalue weighted by Crippen LogP contribution is 2.41. The summed E-state index contributed by atoms with van der Waals surface area (Å²) in [7, 11) is 0.703. The van der Waals surface area contributed by atoms with E-state index in [1.165, 1.54) is 57.7 Å². The number of carbonyl (C=O) groups is 1. The summed E-state index contributed by atoms with van der Waals surface area (Å²) < 4.78 is 49.2. The van der Waals surface area contributed by atoms with Crippen molar-refractivity contribution in [2.75, 3.05) is 31.4 Å². The molecule has 0 aliphatic carbocycles. The Hall–Kier alpha value is -4.58. The number of anilines is 2. The SMILES string of the molecule is COc1cc(-c2nnc(NC(=O)c3ccc(NS(=O)(=O)c4ccc(C)cc4)cc3)o2)cc(OC)c1OC. The maximum Gasteiger partial charge on any atom is 0.322 e. The van der Waals surface area contributed by atoms with Crippen LogP contribution in [0.4, 0.5) is 11.7 Å². The minimum atomic E-state index is -3.76. The van der Waals surface area contributed by atoms with E-state index in [-0.39, 0.29) is 22.4 Å². The number of sulfonamides is 1. The van der Waals surface area contributed by atoms with Gasteiger partial charge in [0.25, 0.3) is 15.9 Å². The molecule has 0 radical (unpaired) electrons. The van der Waals surface area contributed by atoms with E-state index >= 15 is 0 Å². The second kappa shape index (κ2) is 10.6. The van der Waals surface area contributed by atoms with E-state index in [2.05, 4.69) is 20.2 Å². The van der Waals surface area contributed by atoms with Crippen LogP contribution in [0.1, 0.15) is 15.9 Å². The minimum Gasteiger partial charge on any atom is -0.493 e. The second-order valence-corrected chi connectivity index (χ2v) is 9.46. The minimum absolute atomic E-state index is 0.121. The monoisotopic (exact) mass is 524 g/mol. The number of nitrogens with zero attached hydrogens (tertiary/aromatic N) is 2. The van der Waals surface area contributed by atoms with Crippen molar-refractivity contribution >= 4 is 27.6 Å². The number of carbonyl (C=O) groups excluding carboxylic acids is 1. The van der Waals surface area contributed by atoms with Crippen LogP contribution in [0.25, 0.3) is 11.5 Å². The quantitative estimate of drug-likeness (QED) is 0.330. The van der Waals surface area contributed by atoms with Crippen molar-refractivity contribution in [2.24, 2.45) is 0 Å². The molecule has 1 aromatic heterocycles. The standard InChI is InChI=1S/C25H24N4O7S/c1-15-5-11-19(12-6-15)37(31,32)29-18-9-7-16(8-10-18)23(30)26-25-28-27-24(36-25)17-13-20(33-2)22(35-4)21(14-17)34-3/h5-14,29H,1-4H3,(H,26,28,30). The van der Waals surface area contributed by atoms with Crippen molar-refractivity contribution in [1.29, 1.82) is 0 Å². The summed E-state index contributed by atoms with van der Waals surface area (Å²) in [6, 6.07) is 15.5. The van der Waals surface area contributed by atoms with E-state index in [1.54, 1.807) is 24.3 Å². The van der Waals surface area contributed by atoms with Crippen molar-refractivity contribution in [3.05, 3.63) is 71.8 Å². The molecule has 0 atom stereocenters. The van der Waals surface area contributed by atoms with E-state index < -0.39 is 15.9 Å². The van der Waals surface area contributed by atoms with Crippen LogP contribution >= 0.6 is 0 Å². The van der Waals surface area contributed by atoms with E-state index in [1.807, 2.05) is 6.92 Å². The Morgan fingerprint density at radius 1 is 0.865 bits per heavy atom. The van der Waals surface area contributed by atoms with Gasteiger partial charge in [0.2, 0.25) is 11.6 Å². The van der Waals surface area contributed by atoms with Gasteiger partial charge in [-0.3, -0.25) is 14.8 Å². The average molecular weight is 525 g/mol. The van der Waals surface area contributed by atoms with Crippen molar-refractivity contribution in [3.63, 3.8) is 0 Å². The van der Waals surface area contributed by atoms with Crippen LogP contribution in [-0.2, 0) is 10.0 Å². The smallest absolute Gasteiger partial charge is 0.322 e. The highest BCUT2D eigenvalue weighted by atomic mass is 32.2. The maximum atomic E-state index is 12.7. The van der Waals surface area contributed by atoms with Gasteiger partial charge in [-0.1, -0.05) is 22.8 Å². The summed E-state index contributed by atoms with van der Waals surface area (Å²) >= 11 is 0. The predicted molar refractivity (Wildman–Crippen MR) is 136 cm³/mol. The van der Waals surface area contributed by atoms with Crippen molar-refractivity contribution < 1.29 is 31.8 Å². The first-order valence-corrected chi connectivity index (χ1v) is 12.4. The van der Waals surface area contributed by atoms with Crippen molar-refractivity contribution in [1.82, 2.24) is 10.2 Å². The molecule has 1 heterocycles. The van der Waals surface area contributed by atoms with Crippen LogP contribution in [0.3, 0.4) is 0 Å². The third-order valence-electron chi connectivity index (χ3n) is 5.29. The molecular formula is C25H24N4O7S. The van der Waals surface area contributed by atoms with E-state index in [0.717, 1.165) is 5.56 Å². The number of aryl methyl sites for hydroxylation is 1. The van der Waals surface area contributed by atoms with E-state index in [4.69, 9.17) is 18.6 Å². The highest BCUT2D eigenvalue weighted by molar-refractivity contribution is 7.92. The third-order valence-corrected chi connectivity index (χ3v) is 6.68. The number of ether oxygens (including phenoxy) is 3. The van der Waals surface area contributed by atoms with Gasteiger partial charge < -0.3 is 18.6 Å². The van der Waals surface area contributed by atoms with Crippen molar-refractivity contribution in [3.8, 4) is 28.7 Å². The first kappa shape index (κ1) is 25.5. The van der Waals surface area contributed by atoms with Gasteiger partial charge in [0.15, 0.2) is 11.5 Å². The van der Waals surface area contributed by atoms with Crippen LogP contribution in [0.15, 0.2) is 70.0 Å². The van der Waals surface area contributed by atoms with Crippen molar-refractivity contribution in [2.45, 2.75) is 11.8 Å². The number of hydrogen-bond donors (Lipinski definition) is 2. The molecule has 2 N–H and O–H groups in total. The third kappa shape index (κ3) is 5.64. The highest BCUT2D eigenvalue weighted by Gasteiger charge is 2.19. The Kier molecular flexibility index (Phi) is 7.30. The van der Waals surface area contributed by atoms with Gasteiger partial charge in [0.05, 0.1) is 26.2 Å². The molecule has 0 saturated heterocycles. The number of amides is 1. The normalized spacial score (nSPS) is 11.0. The Morgan fingerprint density at radius 2 is 1.49 bits per heavy atom. The van der Waals surface area contributed by atoms with Gasteiger partial charge >= 0.3 is 6.01 Å². The molecule has 1 amide bonds. The van der Waals surface area contributed by atoms with Gasteiger partial charge in [-0.05, 0) is 55.5 Å². The molecule has 0 unspecified atom stereocenters. The first-order chi connectivity index (χ1) is 17.7. The molecule has 12 heteroatoms. The van der Waals surface area contributed by atoms with Crippen LogP contribution < -0.4 is 24.2 Å². The zero-order valence-electron chi connectivity index (χ0n) is 20.4. The molecule has 0 fully saturated rings. The number of benzene rings is 3. The molecule has 37 heavy (non-hydrogen) atoms. The Morgan fingerprint density at radius 3 is 2.05 bits per heavy atom. The molecule has 3 aromatic carbocycles. The van der Waals surface area contributed by atoms with Gasteiger partial charge in [0.1, 0.15) is 0 Å². The lowest BCUT2D eigenvalue weighted by Gasteiger charge is -2.12. The number of hydrogen-bond acceptors (Lipinski definition) is 9. The molecule has 0 aliphatic rings. The fraction of sp³-hybridized carbons (Fsp3) is 0.160. The molecule has 11 nitrogen and oxygen atoms in total. The van der Waals surface area contributed by atoms with Crippen LogP contribution in [0.2, 0.25) is 0 Å². The Bertz CT molecular complexity index is 1490. The molecule has 4 rings (SSSR count). The molecular weight excluding hydrogens is 500 g/mol. The zero-order valence-corrected chi connectivity index (χ0v) is 21.3. The molecule has 0 saturated carbocycles. The summed E-state index contributed by atoms with van der Waals surface area (Å²) in [5.74, 6) is 0.812. The molecule has 192 valence electrons. The predicted octanol–water partition coefficient (Wildman–Crippen LogP) is 4.12. The lowest BCUT2D eigenvalue weighted by Crippen LogP contribution is -2.14. The summed E-state index contributed by atoms with van der Waals surface area (Å²) in [6.45, 7) is 1.87. The fourth-order valence-corrected chi connectivity index (χ4v) is 4.44. The number of methoxy groups -OCH3 is 3. The summed E-state index contributed by atoms with van der Waals surface area (Å²) in [4.78, 5) is 12.8. The summed E-state index contributed by atoms with van der Waals surface area (Å²) in [6.07, 6.45) is 0. The van der Waals surface area contributed by atoms with E-state index in [9.17, 15) is 13.2 Å². The second-order valence-electron chi connectivity index (χ2n) is 7.78. The van der Waals surface area contributed by atoms with Gasteiger partial charge in [-0.25, -0.2) is 8.42 Å². The van der Waals surface area contributed by atoms with Gasteiger partial charge in [-0.15, -0.1) is 5.10 Å². The van der Waals surface area contributed by atoms with Crippen LogP contribution in [0, 0.1) is 6.92 Å². The zero-order chi connectivity index (χ0) is 26.6. The number of nitrogens with one attached hydrogen (secondary N) is 2. The molecule has 0 bridgehead atoms. The van der Waals surface area contributed by atoms with E-state index in [0.29, 0.717) is 28.5 Å². The van der Waals surface area contributed by atoms with Gasteiger partial charge in [-0.2, -0.15) is 0 Å². The Labute approximate surface area is 213 Å². The molecule has 0 aliphatic heterocycles. The summed E-state index contributed by atoms with van der Waals surface area (Å²) in [5.41, 5.74) is 2.00. The number of aromatic nitrogens is 2. The lowest BCUT2D eigenvalue weighted by molar-refractivity contribution is 0.102. The Balaban J connectivity index is 1.46. The van der Waals surface area contributed by atoms with Gasteiger partial charge in [0, 0.05) is 16.8 Å². The van der Waals surface area contributed by atoms with Crippen LogP contribution in [-0.4, -0.2) is 45.9 Å². The topological polar surface area (TPSA) is 142 Å². The number of rotatable bonds is 9. The fourth-order valence-electron chi connectivity index (χ4n) is 3.39. The molecule has 4 aromatic rings. The molecule has 0 spiro atoms.